The first-order valence-electron chi connectivity index (χ1n) is 9.72. The maximum atomic E-state index is 12.7. The quantitative estimate of drug-likeness (QED) is 0.482. The van der Waals surface area contributed by atoms with Crippen LogP contribution in [-0.2, 0) is 15.7 Å². The lowest BCUT2D eigenvalue weighted by Gasteiger charge is -2.29. The molecule has 1 aromatic heterocycles. The van der Waals surface area contributed by atoms with Gasteiger partial charge in [-0.2, -0.15) is 13.2 Å². The fourth-order valence-corrected chi connectivity index (χ4v) is 4.57. The number of hydrogen-bond acceptors (Lipinski definition) is 6. The van der Waals surface area contributed by atoms with E-state index in [9.17, 15) is 23.1 Å². The van der Waals surface area contributed by atoms with Crippen molar-refractivity contribution in [3.8, 4) is 0 Å². The van der Waals surface area contributed by atoms with Crippen LogP contribution in [0.25, 0.3) is 5.57 Å². The lowest BCUT2D eigenvalue weighted by atomic mass is 9.89. The topological polar surface area (TPSA) is 72.3 Å². The molecule has 2 atom stereocenters. The lowest BCUT2D eigenvalue weighted by molar-refractivity contribution is -0.146. The van der Waals surface area contributed by atoms with Gasteiger partial charge in [0.1, 0.15) is 22.5 Å². The molecule has 0 fully saturated rings. The molecular weight excluding hydrogens is 429 g/mol. The van der Waals surface area contributed by atoms with Crippen LogP contribution in [-0.4, -0.2) is 33.1 Å². The van der Waals surface area contributed by atoms with Crippen LogP contribution in [0, 0.1) is 26.7 Å². The summed E-state index contributed by atoms with van der Waals surface area (Å²) in [5, 5.41) is 17.8. The molecule has 1 aliphatic heterocycles. The van der Waals surface area contributed by atoms with E-state index in [4.69, 9.17) is 4.74 Å². The summed E-state index contributed by atoms with van der Waals surface area (Å²) in [5.41, 5.74) is 2.68. The van der Waals surface area contributed by atoms with E-state index in [0.29, 0.717) is 16.3 Å². The second-order valence-electron chi connectivity index (χ2n) is 7.79. The molecule has 0 aliphatic carbocycles. The second kappa shape index (κ2) is 8.90. The van der Waals surface area contributed by atoms with Crippen LogP contribution >= 0.6 is 11.8 Å². The first-order valence-corrected chi connectivity index (χ1v) is 10.7. The average molecular weight is 452 g/mol. The van der Waals surface area contributed by atoms with E-state index < -0.39 is 23.9 Å². The van der Waals surface area contributed by atoms with Crippen LogP contribution in [0.5, 0.6) is 0 Å². The number of hydrogen-bond donors (Lipinski definition) is 1. The maximum Gasteiger partial charge on any atom is 0.435 e. The van der Waals surface area contributed by atoms with Gasteiger partial charge in [-0.25, -0.2) is 4.79 Å². The van der Waals surface area contributed by atoms with Crippen molar-refractivity contribution < 1.29 is 27.8 Å². The summed E-state index contributed by atoms with van der Waals surface area (Å²) in [6.45, 7) is 7.59. The minimum absolute atomic E-state index is 0.0116. The Kier molecular flexibility index (Phi) is 6.64. The van der Waals surface area contributed by atoms with Crippen molar-refractivity contribution in [2.24, 2.45) is 5.92 Å². The number of ether oxygens (including phenoxy) is 1. The molecule has 31 heavy (non-hydrogen) atoms. The minimum atomic E-state index is -4.53. The number of halogens is 3. The molecule has 5 nitrogen and oxygen atoms in total. The number of aromatic nitrogens is 2. The number of cyclic esters (lactones) is 1. The largest absolute Gasteiger partial charge is 0.511 e. The summed E-state index contributed by atoms with van der Waals surface area (Å²) in [6, 6.07) is 6.05. The Bertz CT molecular complexity index is 997. The highest BCUT2D eigenvalue weighted by Crippen LogP contribution is 2.35. The minimum Gasteiger partial charge on any atom is -0.511 e. The predicted octanol–water partition coefficient (Wildman–Crippen LogP) is 5.43. The Morgan fingerprint density at radius 1 is 1.19 bits per heavy atom. The van der Waals surface area contributed by atoms with Crippen molar-refractivity contribution in [3.63, 3.8) is 0 Å². The zero-order chi connectivity index (χ0) is 22.9. The van der Waals surface area contributed by atoms with Crippen LogP contribution in [0.2, 0.25) is 0 Å². The SMILES string of the molecule is Cc1cc(C)c(C2=C(O)CC(C(C)CSc3ccc(C(F)(F)F)nn3)OC2=O)c(C)c1. The highest BCUT2D eigenvalue weighted by Gasteiger charge is 2.35. The number of thioether (sulfide) groups is 1. The van der Waals surface area contributed by atoms with Crippen molar-refractivity contribution in [1.82, 2.24) is 10.2 Å². The normalized spacial score (nSPS) is 18.2. The van der Waals surface area contributed by atoms with Gasteiger partial charge in [-0.1, -0.05) is 24.6 Å². The smallest absolute Gasteiger partial charge is 0.435 e. The number of carbonyl (C=O) groups excluding carboxylic acids is 1. The molecule has 0 bridgehead atoms. The number of nitrogens with zero attached hydrogens (tertiary/aromatic N) is 2. The fraction of sp³-hybridized carbons (Fsp3) is 0.409. The number of benzene rings is 1. The molecule has 0 spiro atoms. The predicted molar refractivity (Wildman–Crippen MR) is 112 cm³/mol. The molecule has 2 aromatic rings. The van der Waals surface area contributed by atoms with E-state index >= 15 is 0 Å². The molecule has 9 heteroatoms. The van der Waals surface area contributed by atoms with Gasteiger partial charge in [0.05, 0.1) is 0 Å². The standard InChI is InChI=1S/C22H23F3N2O3S/c1-11-7-12(2)19(13(3)8-11)20-15(28)9-16(30-21(20)29)14(4)10-31-18-6-5-17(26-27-18)22(23,24)25/h5-8,14,16,28H,9-10H2,1-4H3. The molecule has 0 radical (unpaired) electrons. The average Bonchev–Trinajstić information content (AvgIpc) is 2.67. The van der Waals surface area contributed by atoms with Gasteiger partial charge in [-0.3, -0.25) is 0 Å². The highest BCUT2D eigenvalue weighted by molar-refractivity contribution is 7.99. The Hall–Kier alpha value is -2.55. The van der Waals surface area contributed by atoms with E-state index in [1.807, 2.05) is 39.8 Å². The van der Waals surface area contributed by atoms with Gasteiger partial charge in [0.15, 0.2) is 5.69 Å². The third-order valence-electron chi connectivity index (χ3n) is 5.13. The summed E-state index contributed by atoms with van der Waals surface area (Å²) in [7, 11) is 0. The summed E-state index contributed by atoms with van der Waals surface area (Å²) in [4.78, 5) is 12.7. The van der Waals surface area contributed by atoms with Gasteiger partial charge >= 0.3 is 12.1 Å². The fourth-order valence-electron chi connectivity index (χ4n) is 3.66. The summed E-state index contributed by atoms with van der Waals surface area (Å²) >= 11 is 1.22. The van der Waals surface area contributed by atoms with Gasteiger partial charge < -0.3 is 9.84 Å². The van der Waals surface area contributed by atoms with Gasteiger partial charge in [0, 0.05) is 18.1 Å². The number of rotatable bonds is 5. The Morgan fingerprint density at radius 3 is 2.35 bits per heavy atom. The molecular formula is C22H23F3N2O3S. The monoisotopic (exact) mass is 452 g/mol. The Balaban J connectivity index is 1.70. The number of carbonyl (C=O) groups is 1. The molecule has 1 aromatic carbocycles. The van der Waals surface area contributed by atoms with Gasteiger partial charge in [0.25, 0.3) is 0 Å². The molecule has 0 amide bonds. The Labute approximate surface area is 182 Å². The van der Waals surface area contributed by atoms with E-state index in [2.05, 4.69) is 10.2 Å². The van der Waals surface area contributed by atoms with Crippen molar-refractivity contribution in [2.45, 2.75) is 51.4 Å². The van der Waals surface area contributed by atoms with E-state index in [-0.39, 0.29) is 23.7 Å². The van der Waals surface area contributed by atoms with Crippen LogP contribution in [0.3, 0.4) is 0 Å². The molecule has 1 N–H and O–H groups in total. The van der Waals surface area contributed by atoms with Crippen LogP contribution in [0.15, 0.2) is 35.1 Å². The van der Waals surface area contributed by atoms with Crippen LogP contribution in [0.4, 0.5) is 13.2 Å². The Morgan fingerprint density at radius 2 is 1.84 bits per heavy atom. The summed E-state index contributed by atoms with van der Waals surface area (Å²) in [5.74, 6) is -0.317. The number of aliphatic hydroxyl groups excluding tert-OH is 1. The molecule has 2 heterocycles. The second-order valence-corrected chi connectivity index (χ2v) is 8.83. The van der Waals surface area contributed by atoms with E-state index in [1.165, 1.54) is 17.8 Å². The third-order valence-corrected chi connectivity index (χ3v) is 6.34. The van der Waals surface area contributed by atoms with Crippen LogP contribution < -0.4 is 0 Å². The summed E-state index contributed by atoms with van der Waals surface area (Å²) in [6.07, 6.45) is -4.90. The number of esters is 1. The third kappa shape index (κ3) is 5.20. The summed E-state index contributed by atoms with van der Waals surface area (Å²) < 4.78 is 43.4. The van der Waals surface area contributed by atoms with Crippen molar-refractivity contribution in [2.75, 3.05) is 5.75 Å². The van der Waals surface area contributed by atoms with Crippen molar-refractivity contribution in [1.29, 1.82) is 0 Å². The first-order chi connectivity index (χ1) is 14.5. The van der Waals surface area contributed by atoms with E-state index in [0.717, 1.165) is 22.8 Å². The zero-order valence-corrected chi connectivity index (χ0v) is 18.4. The molecule has 0 saturated carbocycles. The number of aryl methyl sites for hydroxylation is 3. The van der Waals surface area contributed by atoms with Gasteiger partial charge in [0.2, 0.25) is 0 Å². The van der Waals surface area contributed by atoms with Crippen LogP contribution in [0.1, 0.15) is 41.3 Å². The molecule has 1 aliphatic rings. The zero-order valence-electron chi connectivity index (χ0n) is 17.6. The lowest BCUT2D eigenvalue weighted by Crippen LogP contribution is -2.32. The maximum absolute atomic E-state index is 12.7. The number of alkyl halides is 3. The van der Waals surface area contributed by atoms with E-state index in [1.54, 1.807) is 0 Å². The molecule has 0 saturated heterocycles. The molecule has 166 valence electrons. The molecule has 2 unspecified atom stereocenters. The molecule has 3 rings (SSSR count). The van der Waals surface area contributed by atoms with Gasteiger partial charge in [-0.05, 0) is 49.6 Å². The van der Waals surface area contributed by atoms with Gasteiger partial charge in [-0.15, -0.1) is 22.0 Å². The first kappa shape index (κ1) is 23.1. The highest BCUT2D eigenvalue weighted by atomic mass is 32.2. The van der Waals surface area contributed by atoms with Crippen molar-refractivity contribution in [3.05, 3.63) is 58.0 Å². The van der Waals surface area contributed by atoms with Crippen molar-refractivity contribution >= 4 is 23.3 Å². The number of aliphatic hydroxyl groups is 1.